The van der Waals surface area contributed by atoms with Gasteiger partial charge in [0.1, 0.15) is 6.04 Å². The van der Waals surface area contributed by atoms with E-state index in [9.17, 15) is 23.1 Å². The summed E-state index contributed by atoms with van der Waals surface area (Å²) in [6.07, 6.45) is -2.30. The van der Waals surface area contributed by atoms with Crippen LogP contribution in [0.25, 0.3) is 10.8 Å². The van der Waals surface area contributed by atoms with Gasteiger partial charge in [0.05, 0.1) is 11.0 Å². The Bertz CT molecular complexity index is 1390. The number of nitrogens with zero attached hydrogens (tertiary/aromatic N) is 1. The zero-order chi connectivity index (χ0) is 25.3. The molecular formula is C26H28N2O6S. The minimum atomic E-state index is -4.06. The molecular weight excluding hydrogens is 468 g/mol. The lowest BCUT2D eigenvalue weighted by Gasteiger charge is -2.24. The number of fused-ring (bicyclic) bond motifs is 1. The Hall–Kier alpha value is -3.27. The van der Waals surface area contributed by atoms with E-state index >= 15 is 0 Å². The summed E-state index contributed by atoms with van der Waals surface area (Å²) < 4.78 is 32.8. The van der Waals surface area contributed by atoms with Crippen molar-refractivity contribution in [1.29, 1.82) is 0 Å². The van der Waals surface area contributed by atoms with E-state index in [2.05, 4.69) is 5.32 Å². The number of nitrogens with one attached hydrogen (secondary N) is 1. The first-order valence-corrected chi connectivity index (χ1v) is 12.8. The molecule has 1 heterocycles. The monoisotopic (exact) mass is 496 g/mol. The van der Waals surface area contributed by atoms with Gasteiger partial charge in [-0.1, -0.05) is 36.4 Å². The number of amides is 1. The van der Waals surface area contributed by atoms with Crippen LogP contribution in [0.3, 0.4) is 0 Å². The van der Waals surface area contributed by atoms with Crippen LogP contribution in [-0.2, 0) is 24.3 Å². The third kappa shape index (κ3) is 5.22. The minimum absolute atomic E-state index is 0.0367. The average Bonchev–Trinajstić information content (AvgIpc) is 3.23. The summed E-state index contributed by atoms with van der Waals surface area (Å²) >= 11 is 0. The number of aliphatic hydroxyl groups excluding tert-OH is 1. The summed E-state index contributed by atoms with van der Waals surface area (Å²) in [5, 5.41) is 14.8. The van der Waals surface area contributed by atoms with Gasteiger partial charge in [-0.3, -0.25) is 9.59 Å². The first kappa shape index (κ1) is 24.8. The van der Waals surface area contributed by atoms with Crippen LogP contribution in [0, 0.1) is 13.8 Å². The predicted molar refractivity (Wildman–Crippen MR) is 132 cm³/mol. The number of anilines is 1. The van der Waals surface area contributed by atoms with Crippen molar-refractivity contribution in [3.8, 4) is 0 Å². The molecule has 2 unspecified atom stereocenters. The van der Waals surface area contributed by atoms with Gasteiger partial charge in [0.2, 0.25) is 10.0 Å². The van der Waals surface area contributed by atoms with Crippen LogP contribution in [0.1, 0.15) is 24.5 Å². The lowest BCUT2D eigenvalue weighted by molar-refractivity contribution is -0.156. The van der Waals surface area contributed by atoms with Crippen molar-refractivity contribution in [2.75, 3.05) is 11.9 Å². The second-order valence-electron chi connectivity index (χ2n) is 8.86. The fraction of sp³-hybridized carbons (Fsp3) is 0.308. The predicted octanol–water partition coefficient (Wildman–Crippen LogP) is 3.15. The number of carbonyl (C=O) groups is 2. The van der Waals surface area contributed by atoms with Gasteiger partial charge in [-0.05, 0) is 66.9 Å². The molecule has 8 nitrogen and oxygen atoms in total. The normalized spacial score (nSPS) is 19.4. The maximum Gasteiger partial charge on any atom is 0.325 e. The molecule has 1 amide bonds. The summed E-state index contributed by atoms with van der Waals surface area (Å²) in [6, 6.07) is 16.6. The van der Waals surface area contributed by atoms with Crippen LogP contribution in [0.5, 0.6) is 0 Å². The Balaban J connectivity index is 1.46. The fourth-order valence-corrected chi connectivity index (χ4v) is 5.80. The average molecular weight is 497 g/mol. The molecule has 184 valence electrons. The fourth-order valence-electron chi connectivity index (χ4n) is 4.09. The first-order chi connectivity index (χ1) is 16.6. The lowest BCUT2D eigenvalue weighted by Crippen LogP contribution is -2.43. The minimum Gasteiger partial charge on any atom is -0.451 e. The zero-order valence-corrected chi connectivity index (χ0v) is 20.6. The van der Waals surface area contributed by atoms with E-state index in [4.69, 9.17) is 4.74 Å². The van der Waals surface area contributed by atoms with Crippen molar-refractivity contribution in [2.24, 2.45) is 0 Å². The quantitative estimate of drug-likeness (QED) is 0.507. The highest BCUT2D eigenvalue weighted by Gasteiger charge is 2.45. The van der Waals surface area contributed by atoms with Crippen molar-refractivity contribution in [3.63, 3.8) is 0 Å². The molecule has 0 radical (unpaired) electrons. The SMILES string of the molecule is Cc1ccc(S(=O)(=O)N2CC(O)C[C@H]2C(=O)OC(C)C(=O)Nc2ccc3ccccc3c2)cc1C. The number of sulfonamides is 1. The maximum absolute atomic E-state index is 13.3. The summed E-state index contributed by atoms with van der Waals surface area (Å²) in [6.45, 7) is 4.86. The van der Waals surface area contributed by atoms with Gasteiger partial charge in [-0.25, -0.2) is 8.42 Å². The van der Waals surface area contributed by atoms with E-state index in [1.165, 1.54) is 19.1 Å². The topological polar surface area (TPSA) is 113 Å². The molecule has 0 bridgehead atoms. The van der Waals surface area contributed by atoms with Gasteiger partial charge >= 0.3 is 5.97 Å². The Labute approximate surface area is 204 Å². The van der Waals surface area contributed by atoms with E-state index in [-0.39, 0.29) is 17.9 Å². The van der Waals surface area contributed by atoms with Crippen LogP contribution in [0.2, 0.25) is 0 Å². The molecule has 3 aromatic rings. The van der Waals surface area contributed by atoms with Crippen LogP contribution in [-0.4, -0.2) is 54.5 Å². The van der Waals surface area contributed by atoms with Gasteiger partial charge in [-0.15, -0.1) is 0 Å². The molecule has 2 N–H and O–H groups in total. The molecule has 35 heavy (non-hydrogen) atoms. The second kappa shape index (κ2) is 9.77. The molecule has 0 aliphatic carbocycles. The van der Waals surface area contributed by atoms with E-state index < -0.39 is 40.1 Å². The Morgan fingerprint density at radius 3 is 2.46 bits per heavy atom. The number of carbonyl (C=O) groups excluding carboxylic acids is 2. The highest BCUT2D eigenvalue weighted by Crippen LogP contribution is 2.28. The summed E-state index contributed by atoms with van der Waals surface area (Å²) in [5.74, 6) is -1.43. The van der Waals surface area contributed by atoms with Gasteiger partial charge in [0.15, 0.2) is 6.10 Å². The molecule has 4 rings (SSSR count). The Morgan fingerprint density at radius 1 is 1.03 bits per heavy atom. The van der Waals surface area contributed by atoms with Crippen molar-refractivity contribution in [2.45, 2.75) is 50.3 Å². The highest BCUT2D eigenvalue weighted by molar-refractivity contribution is 7.89. The number of hydrogen-bond acceptors (Lipinski definition) is 6. The number of hydrogen-bond donors (Lipinski definition) is 2. The first-order valence-electron chi connectivity index (χ1n) is 11.3. The highest BCUT2D eigenvalue weighted by atomic mass is 32.2. The molecule has 9 heteroatoms. The number of benzene rings is 3. The van der Waals surface area contributed by atoms with Crippen LogP contribution < -0.4 is 5.32 Å². The third-order valence-electron chi connectivity index (χ3n) is 6.27. The van der Waals surface area contributed by atoms with Crippen molar-refractivity contribution >= 4 is 38.4 Å². The molecule has 0 spiro atoms. The number of ether oxygens (including phenoxy) is 1. The molecule has 1 aliphatic heterocycles. The molecule has 1 aliphatic rings. The number of aliphatic hydroxyl groups is 1. The smallest absolute Gasteiger partial charge is 0.325 e. The third-order valence-corrected chi connectivity index (χ3v) is 8.14. The maximum atomic E-state index is 13.3. The van der Waals surface area contributed by atoms with Gasteiger partial charge < -0.3 is 15.2 Å². The standard InChI is InChI=1S/C26H28N2O6S/c1-16-8-11-23(12-17(16)2)35(32,33)28-15-22(29)14-24(28)26(31)34-18(3)25(30)27-21-10-9-19-6-4-5-7-20(19)13-21/h4-13,18,22,24,29H,14-15H2,1-3H3,(H,27,30)/t18?,22?,24-/m0/s1. The molecule has 0 aromatic heterocycles. The zero-order valence-electron chi connectivity index (χ0n) is 19.8. The molecule has 3 atom stereocenters. The lowest BCUT2D eigenvalue weighted by atomic mass is 10.1. The van der Waals surface area contributed by atoms with Gasteiger partial charge in [0, 0.05) is 18.7 Å². The van der Waals surface area contributed by atoms with Gasteiger partial charge in [-0.2, -0.15) is 4.31 Å². The number of aryl methyl sites for hydroxylation is 2. The number of β-amino-alcohol motifs (C(OH)–C–C–N with tert-alkyl or cyclic N) is 1. The summed E-state index contributed by atoms with van der Waals surface area (Å²) in [5.41, 5.74) is 2.28. The van der Waals surface area contributed by atoms with E-state index in [1.54, 1.807) is 19.1 Å². The van der Waals surface area contributed by atoms with Crippen LogP contribution in [0.15, 0.2) is 65.6 Å². The molecule has 1 saturated heterocycles. The molecule has 1 fully saturated rings. The van der Waals surface area contributed by atoms with Gasteiger partial charge in [0.25, 0.3) is 5.91 Å². The van der Waals surface area contributed by atoms with Crippen LogP contribution >= 0.6 is 0 Å². The summed E-state index contributed by atoms with van der Waals surface area (Å²) in [7, 11) is -4.06. The molecule has 3 aromatic carbocycles. The van der Waals surface area contributed by atoms with Crippen molar-refractivity contribution in [3.05, 3.63) is 71.8 Å². The Morgan fingerprint density at radius 2 is 1.74 bits per heavy atom. The Kier molecular flexibility index (Phi) is 6.93. The molecule has 0 saturated carbocycles. The van der Waals surface area contributed by atoms with E-state index in [0.717, 1.165) is 26.2 Å². The van der Waals surface area contributed by atoms with E-state index in [1.807, 2.05) is 43.3 Å². The number of rotatable bonds is 6. The van der Waals surface area contributed by atoms with Crippen LogP contribution in [0.4, 0.5) is 5.69 Å². The number of esters is 1. The summed E-state index contributed by atoms with van der Waals surface area (Å²) in [4.78, 5) is 25.6. The largest absolute Gasteiger partial charge is 0.451 e. The van der Waals surface area contributed by atoms with Crippen molar-refractivity contribution in [1.82, 2.24) is 4.31 Å². The van der Waals surface area contributed by atoms with E-state index in [0.29, 0.717) is 5.69 Å². The van der Waals surface area contributed by atoms with Crippen molar-refractivity contribution < 1.29 is 27.9 Å². The second-order valence-corrected chi connectivity index (χ2v) is 10.7.